The second-order valence-corrected chi connectivity index (χ2v) is 3.19. The van der Waals surface area contributed by atoms with Crippen LogP contribution < -0.4 is 5.32 Å². The molecule has 0 amide bonds. The Morgan fingerprint density at radius 1 is 1.38 bits per heavy atom. The summed E-state index contributed by atoms with van der Waals surface area (Å²) in [5.41, 5.74) is 1.92. The molecule has 1 aromatic carbocycles. The molecule has 0 saturated heterocycles. The van der Waals surface area contributed by atoms with Crippen molar-refractivity contribution in [2.24, 2.45) is 0 Å². The zero-order valence-electron chi connectivity index (χ0n) is 8.23. The van der Waals surface area contributed by atoms with Gasteiger partial charge in [0.2, 0.25) is 0 Å². The molecule has 0 radical (unpaired) electrons. The van der Waals surface area contributed by atoms with Crippen LogP contribution in [-0.2, 0) is 6.42 Å². The van der Waals surface area contributed by atoms with Crippen LogP contribution in [0, 0.1) is 12.7 Å². The van der Waals surface area contributed by atoms with Crippen molar-refractivity contribution in [2.75, 3.05) is 13.1 Å². The topological polar surface area (TPSA) is 12.0 Å². The van der Waals surface area contributed by atoms with Gasteiger partial charge in [-0.25, -0.2) is 4.39 Å². The predicted octanol–water partition coefficient (Wildman–Crippen LogP) is 2.29. The van der Waals surface area contributed by atoms with Crippen molar-refractivity contribution >= 4 is 0 Å². The Kier molecular flexibility index (Phi) is 3.90. The van der Waals surface area contributed by atoms with Crippen LogP contribution in [0.15, 0.2) is 18.2 Å². The Bertz CT molecular complexity index is 271. The Labute approximate surface area is 79.0 Å². The Hall–Kier alpha value is -0.890. The molecule has 0 spiro atoms. The Balaban J connectivity index is 2.53. The molecule has 1 rings (SSSR count). The summed E-state index contributed by atoms with van der Waals surface area (Å²) in [6.45, 7) is 5.82. The van der Waals surface area contributed by atoms with Crippen molar-refractivity contribution in [3.63, 3.8) is 0 Å². The first-order valence-corrected chi connectivity index (χ1v) is 4.69. The zero-order valence-corrected chi connectivity index (χ0v) is 8.23. The van der Waals surface area contributed by atoms with Crippen molar-refractivity contribution in [2.45, 2.75) is 20.3 Å². The van der Waals surface area contributed by atoms with Gasteiger partial charge in [0.15, 0.2) is 0 Å². The third-order valence-corrected chi connectivity index (χ3v) is 2.06. The normalized spacial score (nSPS) is 10.4. The molecule has 72 valence electrons. The number of benzene rings is 1. The van der Waals surface area contributed by atoms with Gasteiger partial charge in [-0.1, -0.05) is 19.1 Å². The highest BCUT2D eigenvalue weighted by molar-refractivity contribution is 5.24. The summed E-state index contributed by atoms with van der Waals surface area (Å²) < 4.78 is 12.9. The van der Waals surface area contributed by atoms with Crippen molar-refractivity contribution in [1.82, 2.24) is 5.32 Å². The minimum Gasteiger partial charge on any atom is -0.317 e. The molecule has 1 nitrogen and oxygen atoms in total. The lowest BCUT2D eigenvalue weighted by Crippen LogP contribution is -2.16. The maximum atomic E-state index is 12.9. The van der Waals surface area contributed by atoms with Crippen LogP contribution in [0.2, 0.25) is 0 Å². The minimum absolute atomic E-state index is 0.118. The van der Waals surface area contributed by atoms with Gasteiger partial charge in [0.25, 0.3) is 0 Å². The lowest BCUT2D eigenvalue weighted by Gasteiger charge is -2.03. The van der Waals surface area contributed by atoms with Crippen LogP contribution in [0.5, 0.6) is 0 Å². The molecule has 0 saturated carbocycles. The van der Waals surface area contributed by atoms with Gasteiger partial charge in [-0.3, -0.25) is 0 Å². The lowest BCUT2D eigenvalue weighted by molar-refractivity contribution is 0.617. The van der Waals surface area contributed by atoms with Gasteiger partial charge in [-0.05, 0) is 43.6 Å². The summed E-state index contributed by atoms with van der Waals surface area (Å²) in [6.07, 6.45) is 0.967. The monoisotopic (exact) mass is 181 g/mol. The van der Waals surface area contributed by atoms with E-state index in [9.17, 15) is 4.39 Å². The van der Waals surface area contributed by atoms with Crippen LogP contribution in [0.3, 0.4) is 0 Å². The molecule has 2 heteroatoms. The van der Waals surface area contributed by atoms with Crippen LogP contribution in [0.4, 0.5) is 4.39 Å². The largest absolute Gasteiger partial charge is 0.317 e. The molecule has 0 aliphatic heterocycles. The van der Waals surface area contributed by atoms with Gasteiger partial charge in [-0.15, -0.1) is 0 Å². The highest BCUT2D eigenvalue weighted by atomic mass is 19.1. The van der Waals surface area contributed by atoms with Crippen molar-refractivity contribution in [1.29, 1.82) is 0 Å². The summed E-state index contributed by atoms with van der Waals surface area (Å²) in [4.78, 5) is 0. The molecule has 0 fully saturated rings. The van der Waals surface area contributed by atoms with Crippen LogP contribution in [0.25, 0.3) is 0 Å². The number of aryl methyl sites for hydroxylation is 1. The predicted molar refractivity (Wildman–Crippen MR) is 53.4 cm³/mol. The van der Waals surface area contributed by atoms with Gasteiger partial charge < -0.3 is 5.32 Å². The van der Waals surface area contributed by atoms with E-state index in [1.807, 2.05) is 12.1 Å². The maximum Gasteiger partial charge on any atom is 0.126 e. The molecule has 1 N–H and O–H groups in total. The molecule has 0 aliphatic carbocycles. The van der Waals surface area contributed by atoms with Gasteiger partial charge in [0, 0.05) is 0 Å². The van der Waals surface area contributed by atoms with E-state index in [0.29, 0.717) is 0 Å². The van der Waals surface area contributed by atoms with E-state index < -0.39 is 0 Å². The van der Waals surface area contributed by atoms with E-state index in [1.54, 1.807) is 6.92 Å². The Morgan fingerprint density at radius 3 is 2.77 bits per heavy atom. The molecule has 13 heavy (non-hydrogen) atoms. The average Bonchev–Trinajstić information content (AvgIpc) is 2.12. The van der Waals surface area contributed by atoms with Crippen LogP contribution in [0.1, 0.15) is 18.1 Å². The quantitative estimate of drug-likeness (QED) is 0.703. The van der Waals surface area contributed by atoms with E-state index in [2.05, 4.69) is 12.2 Å². The van der Waals surface area contributed by atoms with Crippen molar-refractivity contribution in [3.8, 4) is 0 Å². The van der Waals surface area contributed by atoms with E-state index in [4.69, 9.17) is 0 Å². The molecule has 0 bridgehead atoms. The van der Waals surface area contributed by atoms with E-state index >= 15 is 0 Å². The molecule has 0 atom stereocenters. The van der Waals surface area contributed by atoms with Crippen molar-refractivity contribution in [3.05, 3.63) is 35.1 Å². The fraction of sp³-hybridized carbons (Fsp3) is 0.455. The van der Waals surface area contributed by atoms with E-state index in [1.165, 1.54) is 11.6 Å². The first-order chi connectivity index (χ1) is 6.24. The molecular formula is C11H16FN. The van der Waals surface area contributed by atoms with Crippen LogP contribution >= 0.6 is 0 Å². The second-order valence-electron chi connectivity index (χ2n) is 3.19. The third-order valence-electron chi connectivity index (χ3n) is 2.06. The van der Waals surface area contributed by atoms with Gasteiger partial charge >= 0.3 is 0 Å². The highest BCUT2D eigenvalue weighted by Crippen LogP contribution is 2.09. The number of nitrogens with one attached hydrogen (secondary N) is 1. The smallest absolute Gasteiger partial charge is 0.126 e. The molecule has 0 aliphatic rings. The Morgan fingerprint density at radius 2 is 2.15 bits per heavy atom. The van der Waals surface area contributed by atoms with Gasteiger partial charge in [0.1, 0.15) is 5.82 Å². The number of likely N-dealkylation sites (N-methyl/N-ethyl adjacent to an activating group) is 1. The van der Waals surface area contributed by atoms with Crippen molar-refractivity contribution < 1.29 is 4.39 Å². The number of hydrogen-bond acceptors (Lipinski definition) is 1. The van der Waals surface area contributed by atoms with E-state index in [0.717, 1.165) is 25.1 Å². The fourth-order valence-corrected chi connectivity index (χ4v) is 1.27. The SMILES string of the molecule is CCNCCc1ccc(F)c(C)c1. The molecule has 1 aromatic rings. The molecule has 0 aromatic heterocycles. The standard InChI is InChI=1S/C11H16FN/c1-3-13-7-6-10-4-5-11(12)9(2)8-10/h4-5,8,13H,3,6-7H2,1-2H3. The zero-order chi connectivity index (χ0) is 9.68. The minimum atomic E-state index is -0.118. The van der Waals surface area contributed by atoms with Gasteiger partial charge in [0.05, 0.1) is 0 Å². The number of hydrogen-bond donors (Lipinski definition) is 1. The van der Waals surface area contributed by atoms with Crippen LogP contribution in [-0.4, -0.2) is 13.1 Å². The summed E-state index contributed by atoms with van der Waals surface area (Å²) >= 11 is 0. The molecule has 0 unspecified atom stereocenters. The lowest BCUT2D eigenvalue weighted by atomic mass is 10.1. The highest BCUT2D eigenvalue weighted by Gasteiger charge is 1.98. The summed E-state index contributed by atoms with van der Waals surface area (Å²) in [6, 6.07) is 5.29. The number of rotatable bonds is 4. The second kappa shape index (κ2) is 4.97. The van der Waals surface area contributed by atoms with E-state index in [-0.39, 0.29) is 5.82 Å². The summed E-state index contributed by atoms with van der Waals surface area (Å²) in [5.74, 6) is -0.118. The summed E-state index contributed by atoms with van der Waals surface area (Å²) in [7, 11) is 0. The molecular weight excluding hydrogens is 165 g/mol. The first-order valence-electron chi connectivity index (χ1n) is 4.69. The summed E-state index contributed by atoms with van der Waals surface area (Å²) in [5, 5.41) is 3.24. The molecule has 0 heterocycles. The maximum absolute atomic E-state index is 12.9. The third kappa shape index (κ3) is 3.15. The average molecular weight is 181 g/mol. The first kappa shape index (κ1) is 10.2. The van der Waals surface area contributed by atoms with Gasteiger partial charge in [-0.2, -0.15) is 0 Å². The fourth-order valence-electron chi connectivity index (χ4n) is 1.27. The number of halogens is 1.